The maximum Gasteiger partial charge on any atom is 0.332 e. The Bertz CT molecular complexity index is 240. The van der Waals surface area contributed by atoms with Crippen LogP contribution in [0.25, 0.3) is 0 Å². The zero-order valence-electron chi connectivity index (χ0n) is 7.83. The van der Waals surface area contributed by atoms with Gasteiger partial charge in [0.1, 0.15) is 0 Å². The van der Waals surface area contributed by atoms with Gasteiger partial charge in [-0.1, -0.05) is 20.3 Å². The molecule has 4 nitrogen and oxygen atoms in total. The summed E-state index contributed by atoms with van der Waals surface area (Å²) < 4.78 is 0. The summed E-state index contributed by atoms with van der Waals surface area (Å²) in [5, 5.41) is 17.4. The summed E-state index contributed by atoms with van der Waals surface area (Å²) in [6.45, 7) is 3.46. The molecule has 0 rings (SSSR count). The minimum atomic E-state index is -1.13. The molecule has 0 aliphatic rings. The van der Waals surface area contributed by atoms with Crippen LogP contribution in [-0.4, -0.2) is 22.2 Å². The lowest BCUT2D eigenvalue weighted by molar-refractivity contribution is -0.136. The molecule has 4 heteroatoms. The van der Waals surface area contributed by atoms with Gasteiger partial charge in [-0.05, 0) is 12.8 Å². The van der Waals surface area contributed by atoms with Gasteiger partial charge < -0.3 is 10.2 Å². The van der Waals surface area contributed by atoms with Crippen molar-refractivity contribution in [3.05, 3.63) is 11.1 Å². The zero-order valence-corrected chi connectivity index (χ0v) is 7.83. The molecule has 0 heterocycles. The molecule has 0 saturated carbocycles. The molecular weight excluding hydrogens is 172 g/mol. The average molecular weight is 186 g/mol. The van der Waals surface area contributed by atoms with Gasteiger partial charge in [0, 0.05) is 11.1 Å². The third-order valence-electron chi connectivity index (χ3n) is 1.73. The van der Waals surface area contributed by atoms with Crippen LogP contribution < -0.4 is 0 Å². The molecule has 0 aromatic carbocycles. The maximum absolute atomic E-state index is 10.7. The predicted octanol–water partition coefficient (Wildman–Crippen LogP) is 1.66. The van der Waals surface area contributed by atoms with Crippen molar-refractivity contribution in [2.45, 2.75) is 33.1 Å². The normalized spacial score (nSPS) is 12.2. The quantitative estimate of drug-likeness (QED) is 0.640. The van der Waals surface area contributed by atoms with E-state index in [0.717, 1.165) is 0 Å². The van der Waals surface area contributed by atoms with Crippen molar-refractivity contribution in [3.8, 4) is 0 Å². The van der Waals surface area contributed by atoms with E-state index in [-0.39, 0.29) is 17.6 Å². The van der Waals surface area contributed by atoms with Gasteiger partial charge in [0.15, 0.2) is 0 Å². The van der Waals surface area contributed by atoms with Gasteiger partial charge in [0.05, 0.1) is 0 Å². The summed E-state index contributed by atoms with van der Waals surface area (Å²) in [4.78, 5) is 21.3. The van der Waals surface area contributed by atoms with Crippen molar-refractivity contribution >= 4 is 11.9 Å². The molecule has 0 radical (unpaired) electrons. The second-order valence-corrected chi connectivity index (χ2v) is 2.67. The molecule has 74 valence electrons. The molecule has 13 heavy (non-hydrogen) atoms. The molecule has 0 saturated heterocycles. The van der Waals surface area contributed by atoms with Crippen molar-refractivity contribution in [1.82, 2.24) is 0 Å². The van der Waals surface area contributed by atoms with Gasteiger partial charge in [-0.3, -0.25) is 0 Å². The summed E-state index contributed by atoms with van der Waals surface area (Å²) in [6, 6.07) is 0. The van der Waals surface area contributed by atoms with Crippen LogP contribution in [0.5, 0.6) is 0 Å². The Morgan fingerprint density at radius 3 is 1.69 bits per heavy atom. The van der Waals surface area contributed by atoms with Crippen LogP contribution in [0.1, 0.15) is 33.1 Å². The number of rotatable bonds is 5. The number of carbonyl (C=O) groups is 2. The molecule has 0 unspecified atom stereocenters. The molecule has 0 atom stereocenters. The molecule has 0 aliphatic carbocycles. The van der Waals surface area contributed by atoms with E-state index in [9.17, 15) is 9.59 Å². The Kier molecular flexibility index (Phi) is 4.80. The van der Waals surface area contributed by atoms with Gasteiger partial charge >= 0.3 is 11.9 Å². The van der Waals surface area contributed by atoms with Gasteiger partial charge in [-0.15, -0.1) is 0 Å². The monoisotopic (exact) mass is 186 g/mol. The van der Waals surface area contributed by atoms with E-state index < -0.39 is 11.9 Å². The molecule has 2 N–H and O–H groups in total. The Labute approximate surface area is 76.9 Å². The SMILES string of the molecule is CCC/C(C(=O)O)=C(/CC)C(=O)O. The van der Waals surface area contributed by atoms with Crippen LogP contribution in [0.4, 0.5) is 0 Å². The maximum atomic E-state index is 10.7. The second-order valence-electron chi connectivity index (χ2n) is 2.67. The van der Waals surface area contributed by atoms with Gasteiger partial charge in [-0.2, -0.15) is 0 Å². The van der Waals surface area contributed by atoms with Gasteiger partial charge in [0.2, 0.25) is 0 Å². The van der Waals surface area contributed by atoms with Crippen molar-refractivity contribution in [2.24, 2.45) is 0 Å². The standard InChI is InChI=1S/C9H14O4/c1-3-5-7(9(12)13)6(4-2)8(10)11/h3-5H2,1-2H3,(H,10,11)(H,12,13)/b7-6+. The lowest BCUT2D eigenvalue weighted by Gasteiger charge is -2.04. The molecule has 0 fully saturated rings. The van der Waals surface area contributed by atoms with E-state index in [1.54, 1.807) is 6.92 Å². The molecule has 0 aliphatic heterocycles. The highest BCUT2D eigenvalue weighted by atomic mass is 16.4. The smallest absolute Gasteiger partial charge is 0.332 e. The van der Waals surface area contributed by atoms with Crippen LogP contribution in [0, 0.1) is 0 Å². The Morgan fingerprint density at radius 2 is 1.46 bits per heavy atom. The van der Waals surface area contributed by atoms with E-state index in [1.807, 2.05) is 6.92 Å². The van der Waals surface area contributed by atoms with E-state index >= 15 is 0 Å². The first-order chi connectivity index (χ1) is 6.04. The van der Waals surface area contributed by atoms with E-state index in [0.29, 0.717) is 12.8 Å². The summed E-state index contributed by atoms with van der Waals surface area (Å²) in [7, 11) is 0. The highest BCUT2D eigenvalue weighted by Gasteiger charge is 2.17. The molecule has 0 bridgehead atoms. The average Bonchev–Trinajstić information content (AvgIpc) is 2.03. The Morgan fingerprint density at radius 1 is 1.00 bits per heavy atom. The number of aliphatic carboxylic acids is 2. The Balaban J connectivity index is 5.00. The largest absolute Gasteiger partial charge is 0.478 e. The third kappa shape index (κ3) is 3.27. The van der Waals surface area contributed by atoms with Crippen molar-refractivity contribution in [1.29, 1.82) is 0 Å². The number of carboxylic acids is 2. The van der Waals surface area contributed by atoms with Gasteiger partial charge in [0.25, 0.3) is 0 Å². The number of hydrogen-bond donors (Lipinski definition) is 2. The van der Waals surface area contributed by atoms with E-state index in [1.165, 1.54) is 0 Å². The highest BCUT2D eigenvalue weighted by Crippen LogP contribution is 2.14. The fourth-order valence-corrected chi connectivity index (χ4v) is 1.13. The van der Waals surface area contributed by atoms with Crippen LogP contribution >= 0.6 is 0 Å². The molecule has 0 amide bonds. The van der Waals surface area contributed by atoms with Gasteiger partial charge in [-0.25, -0.2) is 9.59 Å². The topological polar surface area (TPSA) is 74.6 Å². The van der Waals surface area contributed by atoms with Crippen molar-refractivity contribution in [2.75, 3.05) is 0 Å². The van der Waals surface area contributed by atoms with Crippen molar-refractivity contribution in [3.63, 3.8) is 0 Å². The lowest BCUT2D eigenvalue weighted by Crippen LogP contribution is -2.10. The summed E-state index contributed by atoms with van der Waals surface area (Å²) in [5.74, 6) is -2.26. The van der Waals surface area contributed by atoms with Crippen molar-refractivity contribution < 1.29 is 19.8 Å². The number of hydrogen-bond acceptors (Lipinski definition) is 2. The van der Waals surface area contributed by atoms with E-state index in [4.69, 9.17) is 10.2 Å². The van der Waals surface area contributed by atoms with Crippen LogP contribution in [0.15, 0.2) is 11.1 Å². The van der Waals surface area contributed by atoms with E-state index in [2.05, 4.69) is 0 Å². The minimum absolute atomic E-state index is 0.00866. The summed E-state index contributed by atoms with van der Waals surface area (Å²) in [5.41, 5.74) is 0.0341. The summed E-state index contributed by atoms with van der Waals surface area (Å²) in [6.07, 6.45) is 1.19. The Hall–Kier alpha value is -1.32. The first-order valence-electron chi connectivity index (χ1n) is 4.23. The fraction of sp³-hybridized carbons (Fsp3) is 0.556. The van der Waals surface area contributed by atoms with Crippen LogP contribution in [-0.2, 0) is 9.59 Å². The molecule has 0 spiro atoms. The first-order valence-corrected chi connectivity index (χ1v) is 4.23. The minimum Gasteiger partial charge on any atom is -0.478 e. The zero-order chi connectivity index (χ0) is 10.4. The molecule has 0 aromatic heterocycles. The first kappa shape index (κ1) is 11.7. The highest BCUT2D eigenvalue weighted by molar-refractivity contribution is 5.98. The fourth-order valence-electron chi connectivity index (χ4n) is 1.13. The second kappa shape index (κ2) is 5.35. The van der Waals surface area contributed by atoms with Crippen LogP contribution in [0.3, 0.4) is 0 Å². The summed E-state index contributed by atoms with van der Waals surface area (Å²) >= 11 is 0. The molecular formula is C9H14O4. The number of carboxylic acid groups (broad SMARTS) is 2. The lowest BCUT2D eigenvalue weighted by atomic mass is 10.0. The third-order valence-corrected chi connectivity index (χ3v) is 1.73. The predicted molar refractivity (Wildman–Crippen MR) is 47.5 cm³/mol. The molecule has 0 aromatic rings. The van der Waals surface area contributed by atoms with Crippen LogP contribution in [0.2, 0.25) is 0 Å².